The Balaban J connectivity index is 1.42. The van der Waals surface area contributed by atoms with E-state index in [0.29, 0.717) is 6.42 Å². The Hall–Kier alpha value is -4.27. The number of ether oxygens (including phenoxy) is 4. The molecule has 2 unspecified atom stereocenters. The molecule has 0 spiro atoms. The van der Waals surface area contributed by atoms with Crippen molar-refractivity contribution in [2.24, 2.45) is 0 Å². The molecule has 1 aliphatic heterocycles. The normalized spacial score (nSPS) is 17.4. The van der Waals surface area contributed by atoms with E-state index >= 15 is 0 Å². The molecule has 0 radical (unpaired) electrons. The maximum absolute atomic E-state index is 7.10. The summed E-state index contributed by atoms with van der Waals surface area (Å²) < 4.78 is 26.5. The highest BCUT2D eigenvalue weighted by Gasteiger charge is 2.42. The van der Waals surface area contributed by atoms with Crippen LogP contribution in [0.2, 0.25) is 0 Å². The van der Waals surface area contributed by atoms with E-state index in [1.54, 1.807) is 26.9 Å². The van der Waals surface area contributed by atoms with Gasteiger partial charge in [0.1, 0.15) is 35.2 Å². The van der Waals surface area contributed by atoms with Gasteiger partial charge in [0, 0.05) is 6.42 Å². The van der Waals surface area contributed by atoms with Gasteiger partial charge >= 0.3 is 0 Å². The first-order valence-electron chi connectivity index (χ1n) is 12.9. The fourth-order valence-corrected chi connectivity index (χ4v) is 5.29. The van der Waals surface area contributed by atoms with Crippen LogP contribution in [0.3, 0.4) is 0 Å². The molecule has 3 heterocycles. The predicted octanol–water partition coefficient (Wildman–Crippen LogP) is 5.80. The van der Waals surface area contributed by atoms with E-state index in [1.165, 1.54) is 0 Å². The molecule has 39 heavy (non-hydrogen) atoms. The van der Waals surface area contributed by atoms with E-state index in [2.05, 4.69) is 27.1 Å². The molecule has 1 saturated heterocycles. The van der Waals surface area contributed by atoms with E-state index in [-0.39, 0.29) is 6.23 Å². The smallest absolute Gasteiger partial charge is 0.165 e. The van der Waals surface area contributed by atoms with Gasteiger partial charge in [0.2, 0.25) is 0 Å². The molecule has 6 rings (SSSR count). The zero-order valence-electron chi connectivity index (χ0n) is 22.2. The van der Waals surface area contributed by atoms with Crippen LogP contribution in [0.1, 0.15) is 41.5 Å². The minimum absolute atomic E-state index is 0.255. The summed E-state index contributed by atoms with van der Waals surface area (Å²) in [5.74, 6) is 1.55. The summed E-state index contributed by atoms with van der Waals surface area (Å²) >= 11 is 0. The Bertz CT molecular complexity index is 1500. The number of fused-ring (bicyclic) bond motifs is 1. The Kier molecular flexibility index (Phi) is 6.72. The Labute approximate surface area is 227 Å². The second-order valence-corrected chi connectivity index (χ2v) is 9.50. The first kappa shape index (κ1) is 25.0. The molecule has 5 aromatic rings. The van der Waals surface area contributed by atoms with E-state index in [1.807, 2.05) is 78.2 Å². The van der Waals surface area contributed by atoms with Crippen LogP contribution in [0.4, 0.5) is 0 Å². The maximum Gasteiger partial charge on any atom is 0.165 e. The van der Waals surface area contributed by atoms with Crippen LogP contribution in [-0.4, -0.2) is 40.0 Å². The van der Waals surface area contributed by atoms with E-state index in [9.17, 15) is 0 Å². The van der Waals surface area contributed by atoms with Crippen LogP contribution >= 0.6 is 0 Å². The SMILES string of the molecule is COc1ccc(C(OC2CCC(n3cnc4c(C)ncnc43)O2)(c2ccccc2)c2ccc(OC)cc2)cc1. The monoisotopic (exact) mass is 522 g/mol. The van der Waals surface area contributed by atoms with E-state index < -0.39 is 11.9 Å². The number of hydrogen-bond donors (Lipinski definition) is 0. The lowest BCUT2D eigenvalue weighted by Crippen LogP contribution is -2.37. The lowest BCUT2D eigenvalue weighted by atomic mass is 9.80. The summed E-state index contributed by atoms with van der Waals surface area (Å²) in [7, 11) is 3.33. The number of benzene rings is 3. The predicted molar refractivity (Wildman–Crippen MR) is 147 cm³/mol. The summed E-state index contributed by atoms with van der Waals surface area (Å²) in [5, 5.41) is 0. The largest absolute Gasteiger partial charge is 0.497 e. The van der Waals surface area contributed by atoms with E-state index in [0.717, 1.165) is 51.5 Å². The number of imidazole rings is 1. The van der Waals surface area contributed by atoms with Crippen molar-refractivity contribution in [2.75, 3.05) is 14.2 Å². The molecule has 3 aromatic carbocycles. The van der Waals surface area contributed by atoms with Gasteiger partial charge in [-0.15, -0.1) is 0 Å². The molecular formula is C31H30N4O4. The van der Waals surface area contributed by atoms with Crippen molar-refractivity contribution in [3.63, 3.8) is 0 Å². The molecule has 1 aliphatic rings. The zero-order valence-corrected chi connectivity index (χ0v) is 22.2. The number of aromatic nitrogens is 4. The average molecular weight is 523 g/mol. The quantitative estimate of drug-likeness (QED) is 0.238. The fourth-order valence-electron chi connectivity index (χ4n) is 5.29. The van der Waals surface area contributed by atoms with Crippen LogP contribution in [-0.2, 0) is 15.1 Å². The Morgan fingerprint density at radius 1 is 0.769 bits per heavy atom. The summed E-state index contributed by atoms with van der Waals surface area (Å²) in [5.41, 5.74) is 4.34. The molecule has 1 fully saturated rings. The average Bonchev–Trinajstić information content (AvgIpc) is 3.64. The standard InChI is InChI=1S/C31H30N4O4/c1-21-29-30(33-19-32-21)35(20-34-29)27-17-18-28(38-27)39-31(22-7-5-4-6-8-22,23-9-13-25(36-2)14-10-23)24-11-15-26(37-3)16-12-24/h4-16,19-20,27-28H,17-18H2,1-3H3. The van der Waals surface area contributed by atoms with Crippen molar-refractivity contribution < 1.29 is 18.9 Å². The highest BCUT2D eigenvalue weighted by molar-refractivity contribution is 5.72. The van der Waals surface area contributed by atoms with Crippen molar-refractivity contribution in [1.82, 2.24) is 19.5 Å². The minimum atomic E-state index is -0.949. The Morgan fingerprint density at radius 3 is 2.00 bits per heavy atom. The molecule has 2 aromatic heterocycles. The van der Waals surface area contributed by atoms with Gasteiger partial charge in [0.15, 0.2) is 11.9 Å². The number of aryl methyl sites for hydroxylation is 1. The van der Waals surface area contributed by atoms with Crippen molar-refractivity contribution in [2.45, 2.75) is 37.9 Å². The van der Waals surface area contributed by atoms with Crippen molar-refractivity contribution in [3.8, 4) is 11.5 Å². The summed E-state index contributed by atoms with van der Waals surface area (Å²) in [6, 6.07) is 26.2. The molecule has 8 heteroatoms. The van der Waals surface area contributed by atoms with Crippen LogP contribution in [0, 0.1) is 6.92 Å². The fraction of sp³-hybridized carbons (Fsp3) is 0.258. The molecule has 0 aliphatic carbocycles. The zero-order chi connectivity index (χ0) is 26.8. The van der Waals surface area contributed by atoms with Gasteiger partial charge in [-0.2, -0.15) is 0 Å². The number of nitrogens with zero attached hydrogens (tertiary/aromatic N) is 4. The molecular weight excluding hydrogens is 492 g/mol. The topological polar surface area (TPSA) is 80.5 Å². The lowest BCUT2D eigenvalue weighted by Gasteiger charge is -2.38. The molecule has 0 saturated carbocycles. The number of rotatable bonds is 8. The highest BCUT2D eigenvalue weighted by Crippen LogP contribution is 2.45. The first-order valence-corrected chi connectivity index (χ1v) is 12.9. The molecule has 0 amide bonds. The first-order chi connectivity index (χ1) is 19.1. The third-order valence-corrected chi connectivity index (χ3v) is 7.29. The Morgan fingerprint density at radius 2 is 1.38 bits per heavy atom. The second kappa shape index (κ2) is 10.5. The molecule has 8 nitrogen and oxygen atoms in total. The third kappa shape index (κ3) is 4.51. The number of hydrogen-bond acceptors (Lipinski definition) is 7. The van der Waals surface area contributed by atoms with Gasteiger partial charge in [-0.3, -0.25) is 4.57 Å². The van der Waals surface area contributed by atoms with Crippen molar-refractivity contribution in [3.05, 3.63) is 114 Å². The van der Waals surface area contributed by atoms with Crippen LogP contribution in [0.25, 0.3) is 11.2 Å². The summed E-state index contributed by atoms with van der Waals surface area (Å²) in [6.07, 6.45) is 4.06. The molecule has 0 bridgehead atoms. The summed E-state index contributed by atoms with van der Waals surface area (Å²) in [4.78, 5) is 13.3. The molecule has 2 atom stereocenters. The van der Waals surface area contributed by atoms with Crippen molar-refractivity contribution in [1.29, 1.82) is 0 Å². The van der Waals surface area contributed by atoms with Gasteiger partial charge in [0.05, 0.1) is 26.2 Å². The van der Waals surface area contributed by atoms with E-state index in [4.69, 9.17) is 18.9 Å². The minimum Gasteiger partial charge on any atom is -0.497 e. The molecule has 0 N–H and O–H groups in total. The van der Waals surface area contributed by atoms with Crippen LogP contribution in [0.5, 0.6) is 11.5 Å². The van der Waals surface area contributed by atoms with Gasteiger partial charge < -0.3 is 18.9 Å². The van der Waals surface area contributed by atoms with Gasteiger partial charge in [0.25, 0.3) is 0 Å². The number of methoxy groups -OCH3 is 2. The van der Waals surface area contributed by atoms with Gasteiger partial charge in [-0.25, -0.2) is 15.0 Å². The van der Waals surface area contributed by atoms with Gasteiger partial charge in [-0.05, 0) is 54.3 Å². The maximum atomic E-state index is 7.10. The van der Waals surface area contributed by atoms with Crippen LogP contribution in [0.15, 0.2) is 91.5 Å². The summed E-state index contributed by atoms with van der Waals surface area (Å²) in [6.45, 7) is 1.93. The molecule has 198 valence electrons. The van der Waals surface area contributed by atoms with Crippen molar-refractivity contribution >= 4 is 11.2 Å². The second-order valence-electron chi connectivity index (χ2n) is 9.50. The lowest BCUT2D eigenvalue weighted by molar-refractivity contribution is -0.192. The van der Waals surface area contributed by atoms with Gasteiger partial charge in [-0.1, -0.05) is 54.6 Å². The third-order valence-electron chi connectivity index (χ3n) is 7.29. The van der Waals surface area contributed by atoms with Crippen LogP contribution < -0.4 is 9.47 Å². The highest BCUT2D eigenvalue weighted by atomic mass is 16.7.